The van der Waals surface area contributed by atoms with E-state index in [-0.39, 0.29) is 12.0 Å². The van der Waals surface area contributed by atoms with Crippen LogP contribution in [0.4, 0.5) is 5.69 Å². The van der Waals surface area contributed by atoms with Crippen LogP contribution in [0.25, 0.3) is 0 Å². The van der Waals surface area contributed by atoms with Crippen molar-refractivity contribution in [2.75, 3.05) is 32.1 Å². The minimum atomic E-state index is -0.0288. The molecular formula is C23H30N2O3. The van der Waals surface area contributed by atoms with E-state index in [0.29, 0.717) is 13.2 Å². The molecule has 2 aromatic rings. The van der Waals surface area contributed by atoms with Crippen LogP contribution < -0.4 is 10.1 Å². The highest BCUT2D eigenvalue weighted by Crippen LogP contribution is 2.18. The first-order chi connectivity index (χ1) is 13.6. The topological polar surface area (TPSA) is 50.8 Å². The summed E-state index contributed by atoms with van der Waals surface area (Å²) in [6.07, 6.45) is 3.60. The Morgan fingerprint density at radius 2 is 1.89 bits per heavy atom. The van der Waals surface area contributed by atoms with E-state index in [4.69, 9.17) is 9.47 Å². The summed E-state index contributed by atoms with van der Waals surface area (Å²) in [6.45, 7) is 4.56. The van der Waals surface area contributed by atoms with Gasteiger partial charge in [0.25, 0.3) is 0 Å². The number of hydrogen-bond acceptors (Lipinski definition) is 4. The van der Waals surface area contributed by atoms with Crippen molar-refractivity contribution in [1.82, 2.24) is 4.90 Å². The molecule has 0 spiro atoms. The molecule has 1 N–H and O–H groups in total. The average molecular weight is 383 g/mol. The quantitative estimate of drug-likeness (QED) is 0.749. The Kier molecular flexibility index (Phi) is 7.46. The molecule has 5 heteroatoms. The van der Waals surface area contributed by atoms with Gasteiger partial charge in [-0.15, -0.1) is 0 Å². The number of aryl methyl sites for hydroxylation is 1. The van der Waals surface area contributed by atoms with Gasteiger partial charge in [0, 0.05) is 18.8 Å². The van der Waals surface area contributed by atoms with Crippen molar-refractivity contribution < 1.29 is 14.3 Å². The number of hydrogen-bond donors (Lipinski definition) is 1. The van der Waals surface area contributed by atoms with Gasteiger partial charge in [0.15, 0.2) is 0 Å². The maximum absolute atomic E-state index is 12.3. The molecule has 1 fully saturated rings. The summed E-state index contributed by atoms with van der Waals surface area (Å²) in [5.74, 6) is 0.766. The van der Waals surface area contributed by atoms with Gasteiger partial charge in [-0.3, -0.25) is 9.69 Å². The van der Waals surface area contributed by atoms with E-state index in [2.05, 4.69) is 36.5 Å². The first-order valence-corrected chi connectivity index (χ1v) is 9.97. The zero-order valence-corrected chi connectivity index (χ0v) is 16.8. The van der Waals surface area contributed by atoms with Crippen LogP contribution >= 0.6 is 0 Å². The van der Waals surface area contributed by atoms with Gasteiger partial charge in [-0.05, 0) is 63.1 Å². The summed E-state index contributed by atoms with van der Waals surface area (Å²) in [7, 11) is 1.95. The number of nitrogens with one attached hydrogen (secondary N) is 1. The number of anilines is 1. The number of carbonyl (C=O) groups is 1. The smallest absolute Gasteiger partial charge is 0.238 e. The van der Waals surface area contributed by atoms with Crippen molar-refractivity contribution in [3.8, 4) is 5.75 Å². The van der Waals surface area contributed by atoms with E-state index in [1.165, 1.54) is 17.5 Å². The number of amides is 1. The maximum Gasteiger partial charge on any atom is 0.238 e. The molecule has 1 aliphatic heterocycles. The fourth-order valence-corrected chi connectivity index (χ4v) is 3.27. The Morgan fingerprint density at radius 1 is 1.14 bits per heavy atom. The number of rotatable bonds is 8. The van der Waals surface area contributed by atoms with Crippen LogP contribution in [-0.4, -0.2) is 43.7 Å². The summed E-state index contributed by atoms with van der Waals surface area (Å²) in [5.41, 5.74) is 3.21. The molecular weight excluding hydrogens is 352 g/mol. The summed E-state index contributed by atoms with van der Waals surface area (Å²) in [4.78, 5) is 14.3. The van der Waals surface area contributed by atoms with Crippen molar-refractivity contribution in [2.45, 2.75) is 38.8 Å². The van der Waals surface area contributed by atoms with Gasteiger partial charge in [0.05, 0.1) is 12.6 Å². The van der Waals surface area contributed by atoms with E-state index in [0.717, 1.165) is 37.4 Å². The molecule has 28 heavy (non-hydrogen) atoms. The third kappa shape index (κ3) is 6.66. The monoisotopic (exact) mass is 382 g/mol. The Bertz CT molecular complexity index is 737. The summed E-state index contributed by atoms with van der Waals surface area (Å²) >= 11 is 0. The normalized spacial score (nSPS) is 16.8. The van der Waals surface area contributed by atoms with Gasteiger partial charge in [-0.1, -0.05) is 29.8 Å². The van der Waals surface area contributed by atoms with E-state index < -0.39 is 0 Å². The first kappa shape index (κ1) is 20.4. The van der Waals surface area contributed by atoms with Crippen molar-refractivity contribution in [1.29, 1.82) is 0 Å². The summed E-state index contributed by atoms with van der Waals surface area (Å²) < 4.78 is 11.5. The predicted molar refractivity (Wildman–Crippen MR) is 112 cm³/mol. The van der Waals surface area contributed by atoms with Gasteiger partial charge in [-0.2, -0.15) is 0 Å². The molecule has 1 unspecified atom stereocenters. The fraction of sp³-hybridized carbons (Fsp3) is 0.435. The second-order valence-corrected chi connectivity index (χ2v) is 7.53. The number of likely N-dealkylation sites (N-methyl/N-ethyl adjacent to an activating group) is 1. The van der Waals surface area contributed by atoms with Gasteiger partial charge in [0.2, 0.25) is 5.91 Å². The molecule has 2 aromatic carbocycles. The molecule has 0 bridgehead atoms. The van der Waals surface area contributed by atoms with Crippen LogP contribution in [0.3, 0.4) is 0 Å². The Labute approximate surface area is 167 Å². The molecule has 150 valence electrons. The first-order valence-electron chi connectivity index (χ1n) is 9.97. The molecule has 1 heterocycles. The lowest BCUT2D eigenvalue weighted by atomic mass is 10.1. The SMILES string of the molecule is Cc1ccc(CN(C)CC(=O)Nc2ccc(OCC3CCCCO3)cc2)cc1. The number of nitrogens with zero attached hydrogens (tertiary/aromatic N) is 1. The second-order valence-electron chi connectivity index (χ2n) is 7.53. The maximum atomic E-state index is 12.3. The molecule has 0 radical (unpaired) electrons. The van der Waals surface area contributed by atoms with E-state index in [1.807, 2.05) is 36.2 Å². The molecule has 3 rings (SSSR count). The van der Waals surface area contributed by atoms with E-state index in [1.54, 1.807) is 0 Å². The third-order valence-electron chi connectivity index (χ3n) is 4.83. The molecule has 1 atom stereocenters. The Balaban J connectivity index is 1.41. The average Bonchev–Trinajstić information content (AvgIpc) is 2.70. The number of ether oxygens (including phenoxy) is 2. The van der Waals surface area contributed by atoms with Gasteiger partial charge < -0.3 is 14.8 Å². The highest BCUT2D eigenvalue weighted by molar-refractivity contribution is 5.92. The van der Waals surface area contributed by atoms with Gasteiger partial charge in [0.1, 0.15) is 12.4 Å². The molecule has 0 aliphatic carbocycles. The molecule has 1 amide bonds. The lowest BCUT2D eigenvalue weighted by molar-refractivity contribution is -0.117. The standard InChI is InChI=1S/C23H30N2O3/c1-18-6-8-19(9-7-18)15-25(2)16-23(26)24-20-10-12-21(13-11-20)28-17-22-5-3-4-14-27-22/h6-13,22H,3-5,14-17H2,1-2H3,(H,24,26). The minimum absolute atomic E-state index is 0.0288. The van der Waals surface area contributed by atoms with Gasteiger partial charge >= 0.3 is 0 Å². The lowest BCUT2D eigenvalue weighted by Crippen LogP contribution is -2.29. The van der Waals surface area contributed by atoms with Crippen molar-refractivity contribution >= 4 is 11.6 Å². The van der Waals surface area contributed by atoms with Crippen molar-refractivity contribution in [3.05, 3.63) is 59.7 Å². The van der Waals surface area contributed by atoms with E-state index >= 15 is 0 Å². The van der Waals surface area contributed by atoms with Crippen LogP contribution in [0.1, 0.15) is 30.4 Å². The van der Waals surface area contributed by atoms with Crippen LogP contribution in [0.5, 0.6) is 5.75 Å². The molecule has 0 aromatic heterocycles. The van der Waals surface area contributed by atoms with Crippen LogP contribution in [-0.2, 0) is 16.1 Å². The lowest BCUT2D eigenvalue weighted by Gasteiger charge is -2.22. The van der Waals surface area contributed by atoms with Crippen molar-refractivity contribution in [2.24, 2.45) is 0 Å². The molecule has 1 aliphatic rings. The zero-order chi connectivity index (χ0) is 19.8. The third-order valence-corrected chi connectivity index (χ3v) is 4.83. The van der Waals surface area contributed by atoms with E-state index in [9.17, 15) is 4.79 Å². The fourth-order valence-electron chi connectivity index (χ4n) is 3.27. The molecule has 5 nitrogen and oxygen atoms in total. The Hall–Kier alpha value is -2.37. The highest BCUT2D eigenvalue weighted by Gasteiger charge is 2.14. The number of benzene rings is 2. The number of carbonyl (C=O) groups excluding carboxylic acids is 1. The largest absolute Gasteiger partial charge is 0.491 e. The highest BCUT2D eigenvalue weighted by atomic mass is 16.5. The molecule has 1 saturated heterocycles. The van der Waals surface area contributed by atoms with Gasteiger partial charge in [-0.25, -0.2) is 0 Å². The second kappa shape index (κ2) is 10.2. The zero-order valence-electron chi connectivity index (χ0n) is 16.8. The van der Waals surface area contributed by atoms with Crippen LogP contribution in [0.15, 0.2) is 48.5 Å². The van der Waals surface area contributed by atoms with Crippen molar-refractivity contribution in [3.63, 3.8) is 0 Å². The Morgan fingerprint density at radius 3 is 2.57 bits per heavy atom. The minimum Gasteiger partial charge on any atom is -0.491 e. The summed E-state index contributed by atoms with van der Waals surface area (Å²) in [6, 6.07) is 15.9. The van der Waals surface area contributed by atoms with Crippen LogP contribution in [0, 0.1) is 6.92 Å². The predicted octanol–water partition coefficient (Wildman–Crippen LogP) is 4.01. The van der Waals surface area contributed by atoms with Crippen LogP contribution in [0.2, 0.25) is 0 Å². The molecule has 0 saturated carbocycles. The summed E-state index contributed by atoms with van der Waals surface area (Å²) in [5, 5.41) is 2.94.